The number of benzene rings is 3. The lowest BCUT2D eigenvalue weighted by Crippen LogP contribution is -2.56. The summed E-state index contributed by atoms with van der Waals surface area (Å²) >= 11 is 3.48. The number of nitrogens with zero attached hydrogens (tertiary/aromatic N) is 2. The molecule has 218 valence electrons. The summed E-state index contributed by atoms with van der Waals surface area (Å²) in [5, 5.41) is 3.01. The molecule has 2 amide bonds. The first-order valence-corrected chi connectivity index (χ1v) is 15.7. The Morgan fingerprint density at radius 1 is 0.951 bits per heavy atom. The molecule has 1 unspecified atom stereocenters. The van der Waals surface area contributed by atoms with Gasteiger partial charge in [0.2, 0.25) is 28.6 Å². The van der Waals surface area contributed by atoms with Crippen molar-refractivity contribution >= 4 is 43.5 Å². The minimum absolute atomic E-state index is 0.0288. The predicted octanol–water partition coefficient (Wildman–Crippen LogP) is 4.50. The van der Waals surface area contributed by atoms with Crippen LogP contribution in [0.25, 0.3) is 0 Å². The lowest BCUT2D eigenvalue weighted by atomic mass is 10.0. The summed E-state index contributed by atoms with van der Waals surface area (Å²) in [6, 6.07) is 20.7. The zero-order chi connectivity index (χ0) is 29.8. The van der Waals surface area contributed by atoms with Crippen molar-refractivity contribution in [2.45, 2.75) is 45.3 Å². The fourth-order valence-electron chi connectivity index (χ4n) is 4.49. The van der Waals surface area contributed by atoms with Gasteiger partial charge in [-0.3, -0.25) is 13.9 Å². The van der Waals surface area contributed by atoms with Crippen molar-refractivity contribution in [3.63, 3.8) is 0 Å². The molecule has 0 spiro atoms. The third-order valence-electron chi connectivity index (χ3n) is 6.33. The molecular weight excluding hydrogens is 610 g/mol. The summed E-state index contributed by atoms with van der Waals surface area (Å²) < 4.78 is 38.6. The van der Waals surface area contributed by atoms with E-state index in [1.165, 1.54) is 11.0 Å². The second-order valence-electron chi connectivity index (χ2n) is 10.9. The Labute approximate surface area is 249 Å². The third kappa shape index (κ3) is 8.23. The predicted molar refractivity (Wildman–Crippen MR) is 161 cm³/mol. The van der Waals surface area contributed by atoms with Gasteiger partial charge < -0.3 is 19.7 Å². The van der Waals surface area contributed by atoms with Crippen molar-refractivity contribution in [2.24, 2.45) is 0 Å². The van der Waals surface area contributed by atoms with Gasteiger partial charge in [-0.1, -0.05) is 58.4 Å². The smallest absolute Gasteiger partial charge is 0.244 e. The lowest BCUT2D eigenvalue weighted by molar-refractivity contribution is -0.140. The molecule has 0 bridgehead atoms. The van der Waals surface area contributed by atoms with Gasteiger partial charge in [0.05, 0.1) is 11.9 Å². The standard InChI is InChI=1S/C30H34BrN3O6S/c1-30(2,3)32-29(36)25(16-21-9-6-5-7-10-21)33(18-22-11-8-12-23(31)15-22)28(35)19-34(41(4,37)38)24-13-14-26-27(17-24)40-20-39-26/h5-15,17,25H,16,18-20H2,1-4H3,(H,32,36). The molecule has 1 aliphatic heterocycles. The SMILES string of the molecule is CC(C)(C)NC(=O)C(Cc1ccccc1)N(Cc1cccc(Br)c1)C(=O)CN(c1ccc2c(c1)OCO2)S(C)(=O)=O. The molecule has 1 aliphatic rings. The minimum atomic E-state index is -3.90. The topological polar surface area (TPSA) is 105 Å². The van der Waals surface area contributed by atoms with Crippen molar-refractivity contribution < 1.29 is 27.5 Å². The van der Waals surface area contributed by atoms with E-state index < -0.39 is 34.1 Å². The second-order valence-corrected chi connectivity index (χ2v) is 13.7. The lowest BCUT2D eigenvalue weighted by Gasteiger charge is -2.35. The van der Waals surface area contributed by atoms with Gasteiger partial charge in [0, 0.05) is 29.0 Å². The van der Waals surface area contributed by atoms with E-state index in [2.05, 4.69) is 21.2 Å². The molecule has 11 heteroatoms. The summed E-state index contributed by atoms with van der Waals surface area (Å²) in [5.74, 6) is 0.0180. The molecule has 0 aromatic heterocycles. The molecule has 4 rings (SSSR count). The molecule has 1 heterocycles. The van der Waals surface area contributed by atoms with Crippen molar-refractivity contribution in [3.8, 4) is 11.5 Å². The molecule has 0 saturated heterocycles. The number of carbonyl (C=O) groups is 2. The van der Waals surface area contributed by atoms with E-state index >= 15 is 0 Å². The van der Waals surface area contributed by atoms with Gasteiger partial charge >= 0.3 is 0 Å². The van der Waals surface area contributed by atoms with Crippen molar-refractivity contribution in [2.75, 3.05) is 23.9 Å². The zero-order valence-corrected chi connectivity index (χ0v) is 25.9. The average molecular weight is 645 g/mol. The Morgan fingerprint density at radius 3 is 2.29 bits per heavy atom. The number of nitrogens with one attached hydrogen (secondary N) is 1. The minimum Gasteiger partial charge on any atom is -0.454 e. The van der Waals surface area contributed by atoms with Crippen LogP contribution in [0.2, 0.25) is 0 Å². The molecule has 0 fully saturated rings. The average Bonchev–Trinajstić information content (AvgIpc) is 3.36. The van der Waals surface area contributed by atoms with E-state index in [0.29, 0.717) is 11.5 Å². The fourth-order valence-corrected chi connectivity index (χ4v) is 5.78. The molecule has 1 atom stereocenters. The van der Waals surface area contributed by atoms with E-state index in [1.54, 1.807) is 12.1 Å². The fraction of sp³-hybridized carbons (Fsp3) is 0.333. The summed E-state index contributed by atoms with van der Waals surface area (Å²) in [7, 11) is -3.90. The van der Waals surface area contributed by atoms with Crippen LogP contribution in [-0.2, 0) is 32.6 Å². The van der Waals surface area contributed by atoms with Crippen molar-refractivity contribution in [3.05, 3.63) is 88.4 Å². The molecule has 0 radical (unpaired) electrons. The number of ether oxygens (including phenoxy) is 2. The Balaban J connectivity index is 1.74. The van der Waals surface area contributed by atoms with Crippen LogP contribution in [0.1, 0.15) is 31.9 Å². The highest BCUT2D eigenvalue weighted by Crippen LogP contribution is 2.36. The molecule has 9 nitrogen and oxygen atoms in total. The molecule has 0 saturated carbocycles. The third-order valence-corrected chi connectivity index (χ3v) is 7.97. The highest BCUT2D eigenvalue weighted by Gasteiger charge is 2.34. The highest BCUT2D eigenvalue weighted by molar-refractivity contribution is 9.10. The number of halogens is 1. The molecular formula is C30H34BrN3O6S. The summed E-state index contributed by atoms with van der Waals surface area (Å²) in [4.78, 5) is 29.4. The number of fused-ring (bicyclic) bond motifs is 1. The Bertz CT molecular complexity index is 1510. The molecule has 3 aromatic rings. The van der Waals surface area contributed by atoms with Gasteiger partial charge in [-0.25, -0.2) is 8.42 Å². The van der Waals surface area contributed by atoms with Gasteiger partial charge in [0.1, 0.15) is 12.6 Å². The van der Waals surface area contributed by atoms with Gasteiger partial charge in [-0.2, -0.15) is 0 Å². The first kappa shape index (κ1) is 30.4. The van der Waals surface area contributed by atoms with Crippen LogP contribution in [0.3, 0.4) is 0 Å². The van der Waals surface area contributed by atoms with Gasteiger partial charge in [0.15, 0.2) is 11.5 Å². The Morgan fingerprint density at radius 2 is 1.63 bits per heavy atom. The highest BCUT2D eigenvalue weighted by atomic mass is 79.9. The molecule has 1 N–H and O–H groups in total. The molecule has 41 heavy (non-hydrogen) atoms. The summed E-state index contributed by atoms with van der Waals surface area (Å²) in [5.41, 5.74) is 1.35. The van der Waals surface area contributed by atoms with Crippen LogP contribution >= 0.6 is 15.9 Å². The van der Waals surface area contributed by atoms with Crippen LogP contribution < -0.4 is 19.1 Å². The van der Waals surface area contributed by atoms with Crippen molar-refractivity contribution in [1.82, 2.24) is 10.2 Å². The maximum absolute atomic E-state index is 14.2. The van der Waals surface area contributed by atoms with Crippen LogP contribution in [-0.4, -0.2) is 56.3 Å². The van der Waals surface area contributed by atoms with Crippen LogP contribution in [0.15, 0.2) is 77.3 Å². The number of sulfonamides is 1. The number of carbonyl (C=O) groups excluding carboxylic acids is 2. The number of rotatable bonds is 10. The summed E-state index contributed by atoms with van der Waals surface area (Å²) in [6.45, 7) is 5.22. The van der Waals surface area contributed by atoms with Crippen molar-refractivity contribution in [1.29, 1.82) is 0 Å². The van der Waals surface area contributed by atoms with Crippen LogP contribution in [0, 0.1) is 0 Å². The van der Waals surface area contributed by atoms with E-state index in [0.717, 1.165) is 26.2 Å². The van der Waals surface area contributed by atoms with E-state index in [-0.39, 0.29) is 31.4 Å². The monoisotopic (exact) mass is 643 g/mol. The largest absolute Gasteiger partial charge is 0.454 e. The zero-order valence-electron chi connectivity index (χ0n) is 23.5. The number of hydrogen-bond donors (Lipinski definition) is 1. The number of hydrogen-bond acceptors (Lipinski definition) is 6. The van der Waals surface area contributed by atoms with Crippen LogP contribution in [0.5, 0.6) is 11.5 Å². The normalized spacial score (nSPS) is 13.4. The van der Waals surface area contributed by atoms with Crippen LogP contribution in [0.4, 0.5) is 5.69 Å². The summed E-state index contributed by atoms with van der Waals surface area (Å²) in [6.07, 6.45) is 1.28. The van der Waals surface area contributed by atoms with Gasteiger partial charge in [-0.05, 0) is 56.2 Å². The molecule has 3 aromatic carbocycles. The van der Waals surface area contributed by atoms with Gasteiger partial charge in [0.25, 0.3) is 0 Å². The maximum atomic E-state index is 14.2. The van der Waals surface area contributed by atoms with Gasteiger partial charge in [-0.15, -0.1) is 0 Å². The Hall–Kier alpha value is -3.57. The maximum Gasteiger partial charge on any atom is 0.244 e. The van der Waals surface area contributed by atoms with E-state index in [9.17, 15) is 18.0 Å². The van der Waals surface area contributed by atoms with E-state index in [1.807, 2.05) is 75.4 Å². The second kappa shape index (κ2) is 12.5. The number of anilines is 1. The Kier molecular flexibility index (Phi) is 9.28. The molecule has 0 aliphatic carbocycles. The first-order chi connectivity index (χ1) is 19.3. The quantitative estimate of drug-likeness (QED) is 0.349. The number of amides is 2. The first-order valence-electron chi connectivity index (χ1n) is 13.1. The van der Waals surface area contributed by atoms with E-state index in [4.69, 9.17) is 9.47 Å².